The van der Waals surface area contributed by atoms with Crippen molar-refractivity contribution >= 4 is 17.8 Å². The van der Waals surface area contributed by atoms with Crippen molar-refractivity contribution < 1.29 is 9.90 Å². The average molecular weight is 315 g/mol. The lowest BCUT2D eigenvalue weighted by Gasteiger charge is -2.21. The van der Waals surface area contributed by atoms with Gasteiger partial charge in [0, 0.05) is 36.1 Å². The number of H-pyrrole nitrogens is 1. The molecule has 0 aliphatic carbocycles. The minimum Gasteiger partial charge on any atom is -0.507 e. The lowest BCUT2D eigenvalue weighted by Crippen LogP contribution is -2.21. The van der Waals surface area contributed by atoms with Crippen LogP contribution in [0.25, 0.3) is 0 Å². The van der Waals surface area contributed by atoms with Gasteiger partial charge in [0.1, 0.15) is 5.75 Å². The summed E-state index contributed by atoms with van der Waals surface area (Å²) in [6, 6.07) is 6.98. The van der Waals surface area contributed by atoms with Crippen LogP contribution in [0.4, 0.5) is 5.69 Å². The Labute approximate surface area is 135 Å². The fraction of sp³-hybridized carbons (Fsp3) is 0.312. The number of aromatic amines is 1. The number of benzene rings is 1. The molecule has 1 aromatic heterocycles. The van der Waals surface area contributed by atoms with E-state index in [9.17, 15) is 9.90 Å². The highest BCUT2D eigenvalue weighted by Crippen LogP contribution is 2.23. The smallest absolute Gasteiger partial charge is 0.291 e. The zero-order valence-electron chi connectivity index (χ0n) is 13.5. The predicted molar refractivity (Wildman–Crippen MR) is 90.1 cm³/mol. The standard InChI is InChI=1S/C16H21N5O2/c1-4-21(5-2)13-7-6-12(15(22)9-13)10-17-20-16(23)14-8-11(3)18-19-14/h6-10,22H,4-5H2,1-3H3,(H,18,19)(H,20,23). The van der Waals surface area contributed by atoms with E-state index in [4.69, 9.17) is 0 Å². The highest BCUT2D eigenvalue weighted by Gasteiger charge is 2.08. The Morgan fingerprint density at radius 2 is 2.13 bits per heavy atom. The molecular formula is C16H21N5O2. The van der Waals surface area contributed by atoms with Crippen molar-refractivity contribution in [1.82, 2.24) is 15.6 Å². The number of aryl methyl sites for hydroxylation is 1. The molecule has 0 saturated carbocycles. The van der Waals surface area contributed by atoms with E-state index in [0.29, 0.717) is 5.56 Å². The molecular weight excluding hydrogens is 294 g/mol. The summed E-state index contributed by atoms with van der Waals surface area (Å²) in [5.74, 6) is -0.298. The van der Waals surface area contributed by atoms with Gasteiger partial charge in [-0.25, -0.2) is 5.43 Å². The van der Waals surface area contributed by atoms with Crippen LogP contribution in [0.2, 0.25) is 0 Å². The Bertz CT molecular complexity index is 704. The second-order valence-corrected chi connectivity index (χ2v) is 5.05. The molecule has 0 aliphatic heterocycles. The SMILES string of the molecule is CCN(CC)c1ccc(C=NNC(=O)c2cc(C)[nH]n2)c(O)c1. The highest BCUT2D eigenvalue weighted by molar-refractivity contribution is 5.93. The third-order valence-electron chi connectivity index (χ3n) is 3.45. The number of nitrogens with one attached hydrogen (secondary N) is 2. The van der Waals surface area contributed by atoms with Crippen LogP contribution in [-0.4, -0.2) is 40.5 Å². The van der Waals surface area contributed by atoms with E-state index in [1.165, 1.54) is 6.21 Å². The summed E-state index contributed by atoms with van der Waals surface area (Å²) in [4.78, 5) is 13.9. The summed E-state index contributed by atoms with van der Waals surface area (Å²) >= 11 is 0. The number of hydrazone groups is 1. The summed E-state index contributed by atoms with van der Waals surface area (Å²) in [5.41, 5.74) is 4.91. The fourth-order valence-electron chi connectivity index (χ4n) is 2.18. The van der Waals surface area contributed by atoms with Gasteiger partial charge in [-0.1, -0.05) is 0 Å². The molecule has 0 radical (unpaired) electrons. The molecule has 0 fully saturated rings. The number of rotatable bonds is 6. The van der Waals surface area contributed by atoms with E-state index in [2.05, 4.69) is 39.5 Å². The topological polar surface area (TPSA) is 93.6 Å². The van der Waals surface area contributed by atoms with Crippen LogP contribution in [0.1, 0.15) is 35.6 Å². The number of hydrogen-bond donors (Lipinski definition) is 3. The van der Waals surface area contributed by atoms with Gasteiger partial charge in [-0.15, -0.1) is 0 Å². The maximum atomic E-state index is 11.8. The predicted octanol–water partition coefficient (Wildman–Crippen LogP) is 2.03. The van der Waals surface area contributed by atoms with Gasteiger partial charge in [0.2, 0.25) is 0 Å². The summed E-state index contributed by atoms with van der Waals surface area (Å²) in [6.07, 6.45) is 1.40. The normalized spacial score (nSPS) is 10.9. The Balaban J connectivity index is 2.03. The molecule has 0 bridgehead atoms. The molecule has 23 heavy (non-hydrogen) atoms. The first-order valence-corrected chi connectivity index (χ1v) is 7.48. The molecule has 7 heteroatoms. The second kappa shape index (κ2) is 7.44. The molecule has 1 amide bonds. The molecule has 1 aromatic carbocycles. The molecule has 0 saturated heterocycles. The third-order valence-corrected chi connectivity index (χ3v) is 3.45. The number of aromatic nitrogens is 2. The quantitative estimate of drug-likeness (QED) is 0.561. The first-order chi connectivity index (χ1) is 11.0. The molecule has 7 nitrogen and oxygen atoms in total. The number of anilines is 1. The summed E-state index contributed by atoms with van der Waals surface area (Å²) in [7, 11) is 0. The van der Waals surface area contributed by atoms with E-state index in [0.717, 1.165) is 24.5 Å². The zero-order valence-corrected chi connectivity index (χ0v) is 13.5. The van der Waals surface area contributed by atoms with Gasteiger partial charge >= 0.3 is 0 Å². The largest absolute Gasteiger partial charge is 0.507 e. The van der Waals surface area contributed by atoms with E-state index >= 15 is 0 Å². The van der Waals surface area contributed by atoms with Crippen LogP contribution in [0.5, 0.6) is 5.75 Å². The number of phenolic OH excluding ortho intramolecular Hbond substituents is 1. The van der Waals surface area contributed by atoms with Crippen molar-refractivity contribution in [2.45, 2.75) is 20.8 Å². The third kappa shape index (κ3) is 4.09. The van der Waals surface area contributed by atoms with Crippen molar-refractivity contribution in [3.05, 3.63) is 41.2 Å². The first-order valence-electron chi connectivity index (χ1n) is 7.48. The fourth-order valence-corrected chi connectivity index (χ4v) is 2.18. The maximum absolute atomic E-state index is 11.8. The van der Waals surface area contributed by atoms with E-state index in [-0.39, 0.29) is 11.4 Å². The Hall–Kier alpha value is -2.83. The van der Waals surface area contributed by atoms with Gasteiger partial charge in [-0.3, -0.25) is 9.89 Å². The summed E-state index contributed by atoms with van der Waals surface area (Å²) in [6.45, 7) is 7.65. The molecule has 0 aliphatic rings. The van der Waals surface area contributed by atoms with Gasteiger partial charge in [-0.05, 0) is 39.0 Å². The minimum atomic E-state index is -0.412. The Kier molecular flexibility index (Phi) is 5.35. The molecule has 0 unspecified atom stereocenters. The molecule has 0 atom stereocenters. The van der Waals surface area contributed by atoms with Gasteiger partial charge in [-0.2, -0.15) is 10.2 Å². The number of carbonyl (C=O) groups excluding carboxylic acids is 1. The molecule has 0 spiro atoms. The number of amides is 1. The molecule has 2 rings (SSSR count). The highest BCUT2D eigenvalue weighted by atomic mass is 16.3. The Morgan fingerprint density at radius 3 is 2.70 bits per heavy atom. The van der Waals surface area contributed by atoms with Crippen molar-refractivity contribution in [3.63, 3.8) is 0 Å². The van der Waals surface area contributed by atoms with Crippen molar-refractivity contribution in [1.29, 1.82) is 0 Å². The first kappa shape index (κ1) is 16.5. The van der Waals surface area contributed by atoms with Gasteiger partial charge < -0.3 is 10.0 Å². The van der Waals surface area contributed by atoms with Crippen LogP contribution >= 0.6 is 0 Å². The van der Waals surface area contributed by atoms with E-state index in [1.807, 2.05) is 13.0 Å². The van der Waals surface area contributed by atoms with Crippen LogP contribution < -0.4 is 10.3 Å². The monoisotopic (exact) mass is 315 g/mol. The molecule has 3 N–H and O–H groups in total. The average Bonchev–Trinajstić information content (AvgIpc) is 2.97. The molecule has 122 valence electrons. The lowest BCUT2D eigenvalue weighted by atomic mass is 10.2. The molecule has 1 heterocycles. The number of aromatic hydroxyl groups is 1. The van der Waals surface area contributed by atoms with Crippen molar-refractivity contribution in [3.8, 4) is 5.75 Å². The summed E-state index contributed by atoms with van der Waals surface area (Å²) < 4.78 is 0. The zero-order chi connectivity index (χ0) is 16.8. The second-order valence-electron chi connectivity index (χ2n) is 5.05. The van der Waals surface area contributed by atoms with Gasteiger partial charge in [0.05, 0.1) is 6.21 Å². The lowest BCUT2D eigenvalue weighted by molar-refractivity contribution is 0.0950. The maximum Gasteiger partial charge on any atom is 0.291 e. The number of carbonyl (C=O) groups is 1. The minimum absolute atomic E-state index is 0.114. The van der Waals surface area contributed by atoms with Gasteiger partial charge in [0.15, 0.2) is 5.69 Å². The summed E-state index contributed by atoms with van der Waals surface area (Å²) in [5, 5.41) is 20.4. The van der Waals surface area contributed by atoms with Crippen molar-refractivity contribution in [2.24, 2.45) is 5.10 Å². The van der Waals surface area contributed by atoms with E-state index < -0.39 is 5.91 Å². The Morgan fingerprint density at radius 1 is 1.39 bits per heavy atom. The van der Waals surface area contributed by atoms with Crippen molar-refractivity contribution in [2.75, 3.05) is 18.0 Å². The number of phenols is 1. The van der Waals surface area contributed by atoms with Crippen LogP contribution in [0.15, 0.2) is 29.4 Å². The van der Waals surface area contributed by atoms with Crippen LogP contribution in [0, 0.1) is 6.92 Å². The van der Waals surface area contributed by atoms with Gasteiger partial charge in [0.25, 0.3) is 5.91 Å². The number of nitrogens with zero attached hydrogens (tertiary/aromatic N) is 3. The van der Waals surface area contributed by atoms with E-state index in [1.54, 1.807) is 18.2 Å². The van der Waals surface area contributed by atoms with Crippen LogP contribution in [-0.2, 0) is 0 Å². The number of hydrogen-bond acceptors (Lipinski definition) is 5. The molecule has 2 aromatic rings. The van der Waals surface area contributed by atoms with Crippen LogP contribution in [0.3, 0.4) is 0 Å².